The van der Waals surface area contributed by atoms with Gasteiger partial charge in [0.15, 0.2) is 0 Å². The highest BCUT2D eigenvalue weighted by molar-refractivity contribution is 7.15. The van der Waals surface area contributed by atoms with Crippen LogP contribution in [0.15, 0.2) is 49.1 Å². The minimum absolute atomic E-state index is 0.498. The van der Waals surface area contributed by atoms with Gasteiger partial charge in [-0.1, -0.05) is 24.8 Å². The molecule has 2 unspecified atom stereocenters. The van der Waals surface area contributed by atoms with Gasteiger partial charge in [0.2, 0.25) is 5.88 Å². The summed E-state index contributed by atoms with van der Waals surface area (Å²) in [5.74, 6) is 0.498. The van der Waals surface area contributed by atoms with Crippen molar-refractivity contribution in [3.63, 3.8) is 0 Å². The van der Waals surface area contributed by atoms with E-state index in [-0.39, 0.29) is 0 Å². The summed E-state index contributed by atoms with van der Waals surface area (Å²) >= 11 is 0. The standard InChI is InChI=1S/C13H16N4OP2/c1-3-4-5-6-9(2)16-10-7-17(19)12-11(10)14-8-15-13(12)18-20/h3-8,16H,2,19-20H2,1H3/b4-3-,6-5-. The van der Waals surface area contributed by atoms with Gasteiger partial charge in [0, 0.05) is 11.9 Å². The van der Waals surface area contributed by atoms with Gasteiger partial charge in [0.05, 0.1) is 15.2 Å². The van der Waals surface area contributed by atoms with Gasteiger partial charge in [0.25, 0.3) is 0 Å². The molecule has 0 fully saturated rings. The smallest absolute Gasteiger partial charge is 0.244 e. The van der Waals surface area contributed by atoms with Crippen molar-refractivity contribution < 1.29 is 4.52 Å². The maximum atomic E-state index is 5.16. The summed E-state index contributed by atoms with van der Waals surface area (Å²) in [6.07, 6.45) is 11.1. The second-order valence-electron chi connectivity index (χ2n) is 3.98. The Bertz CT molecular complexity index is 691. The molecule has 2 heterocycles. The summed E-state index contributed by atoms with van der Waals surface area (Å²) in [4.78, 5) is 8.36. The van der Waals surface area contributed by atoms with Crippen molar-refractivity contribution in [2.75, 3.05) is 5.32 Å². The fourth-order valence-corrected chi connectivity index (χ4v) is 2.29. The van der Waals surface area contributed by atoms with Gasteiger partial charge in [-0.05, 0) is 22.4 Å². The largest absolute Gasteiger partial charge is 0.462 e. The molecule has 0 aliphatic rings. The number of hydrogen-bond donors (Lipinski definition) is 1. The van der Waals surface area contributed by atoms with E-state index in [1.54, 1.807) is 0 Å². The molecule has 2 rings (SSSR count). The van der Waals surface area contributed by atoms with Crippen molar-refractivity contribution in [3.8, 4) is 5.88 Å². The van der Waals surface area contributed by atoms with Crippen molar-refractivity contribution in [1.82, 2.24) is 14.3 Å². The Morgan fingerprint density at radius 3 is 2.95 bits per heavy atom. The zero-order valence-corrected chi connectivity index (χ0v) is 13.4. The quantitative estimate of drug-likeness (QED) is 0.680. The van der Waals surface area contributed by atoms with Gasteiger partial charge >= 0.3 is 0 Å². The number of anilines is 1. The first-order chi connectivity index (χ1) is 9.67. The molecule has 0 spiro atoms. The minimum Gasteiger partial charge on any atom is -0.462 e. The third kappa shape index (κ3) is 3.06. The molecule has 20 heavy (non-hydrogen) atoms. The lowest BCUT2D eigenvalue weighted by atomic mass is 10.3. The van der Waals surface area contributed by atoms with Crippen LogP contribution in [0.4, 0.5) is 5.69 Å². The van der Waals surface area contributed by atoms with Crippen molar-refractivity contribution >= 4 is 35.6 Å². The van der Waals surface area contributed by atoms with E-state index in [9.17, 15) is 0 Å². The number of rotatable bonds is 5. The van der Waals surface area contributed by atoms with Gasteiger partial charge in [0.1, 0.15) is 17.4 Å². The van der Waals surface area contributed by atoms with E-state index in [4.69, 9.17) is 4.52 Å². The van der Waals surface area contributed by atoms with E-state index in [0.717, 1.165) is 22.4 Å². The van der Waals surface area contributed by atoms with E-state index in [2.05, 4.69) is 40.7 Å². The molecule has 0 aliphatic carbocycles. The van der Waals surface area contributed by atoms with Gasteiger partial charge in [-0.25, -0.2) is 4.98 Å². The predicted molar refractivity (Wildman–Crippen MR) is 89.7 cm³/mol. The molecule has 5 nitrogen and oxygen atoms in total. The maximum Gasteiger partial charge on any atom is 0.244 e. The second kappa shape index (κ2) is 6.65. The number of hydrogen-bond acceptors (Lipinski definition) is 4. The van der Waals surface area contributed by atoms with Crippen LogP contribution in [0.3, 0.4) is 0 Å². The summed E-state index contributed by atoms with van der Waals surface area (Å²) in [6, 6.07) is 0. The lowest BCUT2D eigenvalue weighted by molar-refractivity contribution is 0.620. The Morgan fingerprint density at radius 2 is 2.25 bits per heavy atom. The van der Waals surface area contributed by atoms with E-state index in [1.807, 2.05) is 41.8 Å². The Kier molecular flexibility index (Phi) is 4.89. The fourth-order valence-electron chi connectivity index (χ4n) is 1.73. The van der Waals surface area contributed by atoms with Crippen molar-refractivity contribution in [2.24, 2.45) is 0 Å². The molecule has 0 aromatic carbocycles. The zero-order valence-electron chi connectivity index (χ0n) is 11.1. The average molecular weight is 306 g/mol. The molecular weight excluding hydrogens is 290 g/mol. The minimum atomic E-state index is 0.498. The summed E-state index contributed by atoms with van der Waals surface area (Å²) in [5, 5.41) is 3.21. The van der Waals surface area contributed by atoms with E-state index >= 15 is 0 Å². The van der Waals surface area contributed by atoms with Crippen molar-refractivity contribution in [2.45, 2.75) is 6.92 Å². The van der Waals surface area contributed by atoms with Crippen molar-refractivity contribution in [1.29, 1.82) is 0 Å². The predicted octanol–water partition coefficient (Wildman–Crippen LogP) is 3.30. The molecule has 0 aliphatic heterocycles. The van der Waals surface area contributed by atoms with E-state index < -0.39 is 0 Å². The average Bonchev–Trinajstić information content (AvgIpc) is 2.76. The number of allylic oxidation sites excluding steroid dienone is 4. The number of nitrogens with zero attached hydrogens (tertiary/aromatic N) is 3. The first kappa shape index (κ1) is 14.7. The maximum absolute atomic E-state index is 5.16. The topological polar surface area (TPSA) is 52.0 Å². The molecule has 2 aromatic heterocycles. The second-order valence-corrected chi connectivity index (χ2v) is 4.77. The molecular formula is C13H16N4OP2. The van der Waals surface area contributed by atoms with Crippen LogP contribution in [0.2, 0.25) is 0 Å². The first-order valence-electron chi connectivity index (χ1n) is 5.90. The first-order valence-corrected chi connectivity index (χ1v) is 6.89. The zero-order chi connectivity index (χ0) is 14.5. The fraction of sp³-hybridized carbons (Fsp3) is 0.0769. The summed E-state index contributed by atoms with van der Waals surface area (Å²) in [5.41, 5.74) is 3.18. The number of fused-ring (bicyclic) bond motifs is 1. The number of aromatic nitrogens is 3. The third-order valence-corrected chi connectivity index (χ3v) is 3.21. The molecule has 7 heteroatoms. The van der Waals surface area contributed by atoms with Gasteiger partial charge in [-0.2, -0.15) is 4.98 Å². The summed E-state index contributed by atoms with van der Waals surface area (Å²) in [7, 11) is 4.77. The van der Waals surface area contributed by atoms with Gasteiger partial charge in [-0.15, -0.1) is 0 Å². The highest BCUT2D eigenvalue weighted by Gasteiger charge is 2.13. The van der Waals surface area contributed by atoms with E-state index in [1.165, 1.54) is 6.33 Å². The molecule has 0 saturated carbocycles. The highest BCUT2D eigenvalue weighted by Crippen LogP contribution is 2.32. The van der Waals surface area contributed by atoms with Gasteiger partial charge in [-0.3, -0.25) is 0 Å². The Labute approximate surface area is 122 Å². The van der Waals surface area contributed by atoms with Crippen LogP contribution >= 0.6 is 18.9 Å². The van der Waals surface area contributed by atoms with Crippen LogP contribution in [0, 0.1) is 0 Å². The summed E-state index contributed by atoms with van der Waals surface area (Å²) in [6.45, 7) is 5.92. The monoisotopic (exact) mass is 306 g/mol. The van der Waals surface area contributed by atoms with Gasteiger partial charge < -0.3 is 14.2 Å². The Hall–Kier alpha value is -1.70. The molecule has 1 N–H and O–H groups in total. The van der Waals surface area contributed by atoms with Crippen LogP contribution in [0.1, 0.15) is 6.92 Å². The molecule has 2 atom stereocenters. The van der Waals surface area contributed by atoms with Crippen LogP contribution < -0.4 is 9.84 Å². The van der Waals surface area contributed by atoms with Crippen LogP contribution in [0.25, 0.3) is 11.0 Å². The van der Waals surface area contributed by atoms with Crippen LogP contribution in [0.5, 0.6) is 5.88 Å². The number of nitrogens with one attached hydrogen (secondary N) is 1. The normalized spacial score (nSPS) is 11.6. The molecule has 0 radical (unpaired) electrons. The highest BCUT2D eigenvalue weighted by atomic mass is 31.0. The van der Waals surface area contributed by atoms with Crippen LogP contribution in [-0.2, 0) is 0 Å². The van der Waals surface area contributed by atoms with Crippen LogP contribution in [-0.4, -0.2) is 14.3 Å². The SMILES string of the molecule is C=C(/C=C\C=C/C)Nc1cn(P)c2c(OP)ncnc12. The lowest BCUT2D eigenvalue weighted by Crippen LogP contribution is -1.94. The summed E-state index contributed by atoms with van der Waals surface area (Å²) < 4.78 is 7.00. The lowest BCUT2D eigenvalue weighted by Gasteiger charge is -2.03. The Balaban J connectivity index is 2.34. The molecule has 0 bridgehead atoms. The van der Waals surface area contributed by atoms with Crippen molar-refractivity contribution in [3.05, 3.63) is 49.1 Å². The van der Waals surface area contributed by atoms with E-state index in [0.29, 0.717) is 5.88 Å². The molecule has 0 saturated heterocycles. The molecule has 0 amide bonds. The molecule has 2 aromatic rings. The Morgan fingerprint density at radius 1 is 1.45 bits per heavy atom. The molecule has 104 valence electrons. The third-order valence-electron chi connectivity index (χ3n) is 2.58.